The number of nitrogens with one attached hydrogen (secondary N) is 1. The van der Waals surface area contributed by atoms with Gasteiger partial charge in [-0.15, -0.1) is 0 Å². The number of carbonyl (C=O) groups is 1. The smallest absolute Gasteiger partial charge is 0.251 e. The zero-order valence-corrected chi connectivity index (χ0v) is 16.4. The molecule has 0 saturated carbocycles. The maximum absolute atomic E-state index is 11.9. The van der Waals surface area contributed by atoms with Gasteiger partial charge in [-0.1, -0.05) is 30.3 Å². The van der Waals surface area contributed by atoms with Crippen LogP contribution in [-0.4, -0.2) is 68.6 Å². The summed E-state index contributed by atoms with van der Waals surface area (Å²) in [4.78, 5) is 11.9. The lowest BCUT2D eigenvalue weighted by Gasteiger charge is -2.42. The van der Waals surface area contributed by atoms with Gasteiger partial charge in [-0.2, -0.15) is 0 Å². The van der Waals surface area contributed by atoms with Crippen LogP contribution in [0.5, 0.6) is 0 Å². The van der Waals surface area contributed by atoms with Crippen molar-refractivity contribution in [3.8, 4) is 11.1 Å². The molecule has 6 atom stereocenters. The van der Waals surface area contributed by atoms with Crippen LogP contribution in [0.15, 0.2) is 36.4 Å². The Morgan fingerprint density at radius 1 is 1.07 bits per heavy atom. The van der Waals surface area contributed by atoms with Crippen LogP contribution in [0, 0.1) is 6.92 Å². The maximum Gasteiger partial charge on any atom is 0.251 e. The first kappa shape index (κ1) is 20.9. The first-order valence-electron chi connectivity index (χ1n) is 9.82. The quantitative estimate of drug-likeness (QED) is 0.406. The highest BCUT2D eigenvalue weighted by atomic mass is 16.6. The van der Waals surface area contributed by atoms with Crippen LogP contribution in [-0.2, 0) is 11.3 Å². The Balaban J connectivity index is 1.60. The SMILES string of the molecule is Cc1cc(-c2ccc3c(c2)C(=O)NC3)ccc1[C@@H](O)[C@H]1O[C@H](CO)[C@@H](O)[C@H](O)[C@@H]1O. The van der Waals surface area contributed by atoms with Crippen molar-refractivity contribution in [2.45, 2.75) is 50.1 Å². The van der Waals surface area contributed by atoms with Crippen LogP contribution in [0.1, 0.15) is 33.2 Å². The number of aliphatic hydroxyl groups excluding tert-OH is 5. The summed E-state index contributed by atoms with van der Waals surface area (Å²) in [5, 5.41) is 53.2. The molecule has 2 aromatic rings. The summed E-state index contributed by atoms with van der Waals surface area (Å²) in [6.07, 6.45) is -8.13. The number of rotatable bonds is 4. The van der Waals surface area contributed by atoms with Crippen molar-refractivity contribution in [1.82, 2.24) is 5.32 Å². The van der Waals surface area contributed by atoms with Gasteiger partial charge in [0.15, 0.2) is 0 Å². The summed E-state index contributed by atoms with van der Waals surface area (Å²) in [7, 11) is 0. The lowest BCUT2D eigenvalue weighted by molar-refractivity contribution is -0.250. The number of hydrogen-bond donors (Lipinski definition) is 6. The predicted molar refractivity (Wildman–Crippen MR) is 107 cm³/mol. The molecule has 0 aliphatic carbocycles. The van der Waals surface area contributed by atoms with E-state index < -0.39 is 43.2 Å². The summed E-state index contributed by atoms with van der Waals surface area (Å²) in [6.45, 7) is 1.77. The molecule has 8 nitrogen and oxygen atoms in total. The van der Waals surface area contributed by atoms with Crippen molar-refractivity contribution < 1.29 is 35.1 Å². The summed E-state index contributed by atoms with van der Waals surface area (Å²) in [5.74, 6) is -0.0989. The maximum atomic E-state index is 11.9. The molecule has 30 heavy (non-hydrogen) atoms. The van der Waals surface area contributed by atoms with E-state index in [-0.39, 0.29) is 5.91 Å². The second kappa shape index (κ2) is 8.07. The third kappa shape index (κ3) is 3.51. The minimum absolute atomic E-state index is 0.0989. The van der Waals surface area contributed by atoms with Gasteiger partial charge in [-0.25, -0.2) is 0 Å². The summed E-state index contributed by atoms with van der Waals surface area (Å²) in [5.41, 5.74) is 4.54. The molecule has 0 bridgehead atoms. The average molecular weight is 415 g/mol. The van der Waals surface area contributed by atoms with Gasteiger partial charge < -0.3 is 35.6 Å². The van der Waals surface area contributed by atoms with Crippen LogP contribution in [0.3, 0.4) is 0 Å². The van der Waals surface area contributed by atoms with Gasteiger partial charge in [-0.3, -0.25) is 4.79 Å². The minimum atomic E-state index is -1.55. The van der Waals surface area contributed by atoms with Gasteiger partial charge in [-0.05, 0) is 40.8 Å². The molecule has 2 aliphatic heterocycles. The first-order valence-corrected chi connectivity index (χ1v) is 9.82. The van der Waals surface area contributed by atoms with E-state index in [9.17, 15) is 30.3 Å². The predicted octanol–water partition coefficient (Wildman–Crippen LogP) is -0.219. The van der Waals surface area contributed by atoms with E-state index >= 15 is 0 Å². The van der Waals surface area contributed by atoms with Crippen LogP contribution in [0.25, 0.3) is 11.1 Å². The summed E-state index contributed by atoms with van der Waals surface area (Å²) >= 11 is 0. The molecule has 1 saturated heterocycles. The molecule has 0 radical (unpaired) electrons. The molecule has 0 unspecified atom stereocenters. The van der Waals surface area contributed by atoms with Crippen LogP contribution < -0.4 is 5.32 Å². The van der Waals surface area contributed by atoms with Gasteiger partial charge in [0.1, 0.15) is 36.6 Å². The highest BCUT2D eigenvalue weighted by Crippen LogP contribution is 2.34. The number of hydrogen-bond acceptors (Lipinski definition) is 7. The van der Waals surface area contributed by atoms with E-state index in [0.29, 0.717) is 17.7 Å². The Morgan fingerprint density at radius 3 is 2.47 bits per heavy atom. The van der Waals surface area contributed by atoms with Crippen molar-refractivity contribution in [1.29, 1.82) is 0 Å². The molecule has 8 heteroatoms. The fourth-order valence-corrected chi connectivity index (χ4v) is 4.15. The van der Waals surface area contributed by atoms with E-state index in [1.54, 1.807) is 19.1 Å². The highest BCUT2D eigenvalue weighted by molar-refractivity contribution is 5.99. The van der Waals surface area contributed by atoms with E-state index in [1.165, 1.54) is 0 Å². The molecular formula is C22H25NO7. The molecule has 6 N–H and O–H groups in total. The number of carbonyl (C=O) groups excluding carboxylic acids is 1. The number of ether oxygens (including phenoxy) is 1. The molecule has 1 amide bonds. The van der Waals surface area contributed by atoms with Gasteiger partial charge in [0.25, 0.3) is 5.91 Å². The van der Waals surface area contributed by atoms with E-state index in [1.807, 2.05) is 24.3 Å². The lowest BCUT2D eigenvalue weighted by Crippen LogP contribution is -2.59. The Kier molecular flexibility index (Phi) is 5.63. The average Bonchev–Trinajstić information content (AvgIpc) is 3.12. The van der Waals surface area contributed by atoms with Crippen LogP contribution >= 0.6 is 0 Å². The zero-order chi connectivity index (χ0) is 21.6. The summed E-state index contributed by atoms with van der Waals surface area (Å²) in [6, 6.07) is 11.0. The Labute approximate surface area is 173 Å². The number of aliphatic hydroxyl groups is 5. The van der Waals surface area contributed by atoms with E-state index in [4.69, 9.17) is 4.74 Å². The fraction of sp³-hybridized carbons (Fsp3) is 0.409. The molecule has 1 fully saturated rings. The first-order chi connectivity index (χ1) is 14.3. The molecule has 0 spiro atoms. The minimum Gasteiger partial charge on any atom is -0.394 e. The van der Waals surface area contributed by atoms with Crippen molar-refractivity contribution in [2.24, 2.45) is 0 Å². The van der Waals surface area contributed by atoms with Crippen molar-refractivity contribution in [3.05, 3.63) is 58.7 Å². The van der Waals surface area contributed by atoms with Crippen molar-refractivity contribution >= 4 is 5.91 Å². The topological polar surface area (TPSA) is 139 Å². The largest absolute Gasteiger partial charge is 0.394 e. The number of benzene rings is 2. The van der Waals surface area contributed by atoms with Crippen molar-refractivity contribution in [2.75, 3.05) is 6.61 Å². The van der Waals surface area contributed by atoms with Crippen LogP contribution in [0.2, 0.25) is 0 Å². The van der Waals surface area contributed by atoms with Gasteiger partial charge in [0.05, 0.1) is 6.61 Å². The molecule has 0 aromatic heterocycles. The Morgan fingerprint density at radius 2 is 1.77 bits per heavy atom. The molecule has 4 rings (SSSR count). The second-order valence-electron chi connectivity index (χ2n) is 7.86. The summed E-state index contributed by atoms with van der Waals surface area (Å²) < 4.78 is 5.47. The lowest BCUT2D eigenvalue weighted by atomic mass is 9.87. The van der Waals surface area contributed by atoms with Gasteiger partial charge in [0.2, 0.25) is 0 Å². The van der Waals surface area contributed by atoms with Gasteiger partial charge >= 0.3 is 0 Å². The number of fused-ring (bicyclic) bond motifs is 1. The molecule has 160 valence electrons. The molecule has 2 aliphatic rings. The number of amides is 1. The Hall–Kier alpha value is -2.33. The fourth-order valence-electron chi connectivity index (χ4n) is 4.15. The zero-order valence-electron chi connectivity index (χ0n) is 16.4. The van der Waals surface area contributed by atoms with E-state index in [2.05, 4.69) is 5.32 Å². The monoisotopic (exact) mass is 415 g/mol. The molecule has 2 aromatic carbocycles. The number of aryl methyl sites for hydroxylation is 1. The van der Waals surface area contributed by atoms with Crippen LogP contribution in [0.4, 0.5) is 0 Å². The van der Waals surface area contributed by atoms with Crippen molar-refractivity contribution in [3.63, 3.8) is 0 Å². The molecular weight excluding hydrogens is 390 g/mol. The second-order valence-corrected chi connectivity index (χ2v) is 7.86. The van der Waals surface area contributed by atoms with Gasteiger partial charge in [0, 0.05) is 12.1 Å². The standard InChI is InChI=1S/C22H25NO7/c1-10-6-11(12-2-3-13-8-23-22(29)15(13)7-12)4-5-14(10)17(25)21-20(28)19(27)18(26)16(9-24)30-21/h2-7,16-21,24-28H,8-9H2,1H3,(H,23,29)/t16-,17-,18-,19+,20+,21-/m1/s1. The molecule has 2 heterocycles. The normalized spacial score (nSPS) is 29.4. The third-order valence-corrected chi connectivity index (χ3v) is 5.96. The Bertz CT molecular complexity index is 960. The van der Waals surface area contributed by atoms with E-state index in [0.717, 1.165) is 22.3 Å². The highest BCUT2D eigenvalue weighted by Gasteiger charge is 2.46. The third-order valence-electron chi connectivity index (χ3n) is 5.96.